The lowest BCUT2D eigenvalue weighted by Crippen LogP contribution is -2.22. The Hall–Kier alpha value is -1.67. The van der Waals surface area contributed by atoms with Crippen molar-refractivity contribution in [1.82, 2.24) is 4.98 Å². The molecule has 0 spiro atoms. The summed E-state index contributed by atoms with van der Waals surface area (Å²) < 4.78 is 26.0. The quantitative estimate of drug-likeness (QED) is 0.886. The summed E-state index contributed by atoms with van der Waals surface area (Å²) in [7, 11) is -3.86. The standard InChI is InChI=1S/C10H10N2O4S2/c1-6-11-8-3-2-7(4-9(8)17-6)12-18(15,16)5-10(13)14/h2-4,12H,5H2,1H3,(H,13,14). The highest BCUT2D eigenvalue weighted by Gasteiger charge is 2.15. The number of carboxylic acid groups (broad SMARTS) is 1. The Labute approximate surface area is 107 Å². The molecule has 0 aliphatic rings. The Morgan fingerprint density at radius 2 is 2.22 bits per heavy atom. The average molecular weight is 286 g/mol. The summed E-state index contributed by atoms with van der Waals surface area (Å²) in [6.45, 7) is 1.86. The predicted molar refractivity (Wildman–Crippen MR) is 69.4 cm³/mol. The lowest BCUT2D eigenvalue weighted by molar-refractivity contribution is -0.134. The van der Waals surface area contributed by atoms with Crippen LogP contribution in [0.4, 0.5) is 5.69 Å². The Kier molecular flexibility index (Phi) is 3.22. The molecule has 0 bridgehead atoms. The van der Waals surface area contributed by atoms with E-state index in [0.29, 0.717) is 5.69 Å². The summed E-state index contributed by atoms with van der Waals surface area (Å²) in [5.41, 5.74) is 1.13. The third kappa shape index (κ3) is 2.96. The van der Waals surface area contributed by atoms with Gasteiger partial charge >= 0.3 is 5.97 Å². The second-order valence-corrected chi connectivity index (χ2v) is 6.63. The van der Waals surface area contributed by atoms with Crippen molar-refractivity contribution < 1.29 is 18.3 Å². The molecule has 0 fully saturated rings. The molecular formula is C10H10N2O4S2. The number of anilines is 1. The number of carbonyl (C=O) groups is 1. The van der Waals surface area contributed by atoms with Gasteiger partial charge in [-0.1, -0.05) is 0 Å². The number of rotatable bonds is 4. The molecule has 2 aromatic rings. The number of carboxylic acids is 1. The van der Waals surface area contributed by atoms with Gasteiger partial charge in [0, 0.05) is 0 Å². The monoisotopic (exact) mass is 286 g/mol. The fraction of sp³-hybridized carbons (Fsp3) is 0.200. The van der Waals surface area contributed by atoms with Gasteiger partial charge in [-0.2, -0.15) is 0 Å². The number of fused-ring (bicyclic) bond motifs is 1. The second-order valence-electron chi connectivity index (χ2n) is 3.67. The summed E-state index contributed by atoms with van der Waals surface area (Å²) in [4.78, 5) is 14.6. The van der Waals surface area contributed by atoms with E-state index in [4.69, 9.17) is 5.11 Å². The average Bonchev–Trinajstić information content (AvgIpc) is 2.54. The number of sulfonamides is 1. The van der Waals surface area contributed by atoms with Gasteiger partial charge < -0.3 is 5.11 Å². The molecule has 0 radical (unpaired) electrons. The summed E-state index contributed by atoms with van der Waals surface area (Å²) in [5, 5.41) is 9.36. The minimum absolute atomic E-state index is 0.340. The third-order valence-corrected chi connectivity index (χ3v) is 4.19. The van der Waals surface area contributed by atoms with Crippen LogP contribution in [0.15, 0.2) is 18.2 Å². The van der Waals surface area contributed by atoms with Gasteiger partial charge in [0.05, 0.1) is 20.9 Å². The summed E-state index contributed by atoms with van der Waals surface area (Å²) in [6.07, 6.45) is 0. The Bertz CT molecular complexity index is 706. The van der Waals surface area contributed by atoms with Gasteiger partial charge in [-0.05, 0) is 25.1 Å². The van der Waals surface area contributed by atoms with Crippen LogP contribution in [-0.2, 0) is 14.8 Å². The first-order valence-corrected chi connectivity index (χ1v) is 7.42. The highest BCUT2D eigenvalue weighted by Crippen LogP contribution is 2.25. The first-order valence-electron chi connectivity index (χ1n) is 4.95. The molecule has 6 nitrogen and oxygen atoms in total. The second kappa shape index (κ2) is 4.54. The number of thiazole rings is 1. The van der Waals surface area contributed by atoms with E-state index in [2.05, 4.69) is 9.71 Å². The van der Waals surface area contributed by atoms with Gasteiger partial charge in [0.15, 0.2) is 5.75 Å². The van der Waals surface area contributed by atoms with Crippen LogP contribution in [0.25, 0.3) is 10.2 Å². The molecule has 1 heterocycles. The van der Waals surface area contributed by atoms with Crippen molar-refractivity contribution in [3.8, 4) is 0 Å². The normalized spacial score (nSPS) is 11.6. The molecule has 0 aliphatic carbocycles. The first kappa shape index (κ1) is 12.8. The minimum Gasteiger partial charge on any atom is -0.480 e. The van der Waals surface area contributed by atoms with E-state index in [1.165, 1.54) is 11.3 Å². The molecule has 2 rings (SSSR count). The van der Waals surface area contributed by atoms with Crippen molar-refractivity contribution in [3.63, 3.8) is 0 Å². The maximum absolute atomic E-state index is 11.4. The molecule has 96 valence electrons. The minimum atomic E-state index is -3.86. The first-order chi connectivity index (χ1) is 8.35. The van der Waals surface area contributed by atoms with Gasteiger partial charge in [-0.25, -0.2) is 13.4 Å². The number of aromatic nitrogens is 1. The van der Waals surface area contributed by atoms with Crippen LogP contribution in [0.5, 0.6) is 0 Å². The van der Waals surface area contributed by atoms with Crippen molar-refractivity contribution in [1.29, 1.82) is 0 Å². The van der Waals surface area contributed by atoms with Gasteiger partial charge in [-0.15, -0.1) is 11.3 Å². The van der Waals surface area contributed by atoms with E-state index >= 15 is 0 Å². The molecule has 0 atom stereocenters. The van der Waals surface area contributed by atoms with Crippen molar-refractivity contribution in [2.24, 2.45) is 0 Å². The maximum atomic E-state index is 11.4. The molecule has 2 N–H and O–H groups in total. The van der Waals surface area contributed by atoms with Gasteiger partial charge in [0.25, 0.3) is 0 Å². The number of benzene rings is 1. The van der Waals surface area contributed by atoms with E-state index in [1.54, 1.807) is 18.2 Å². The number of nitrogens with zero attached hydrogens (tertiary/aromatic N) is 1. The van der Waals surface area contributed by atoms with Crippen molar-refractivity contribution in [2.75, 3.05) is 10.5 Å². The molecule has 0 amide bonds. The van der Waals surface area contributed by atoms with Crippen LogP contribution in [0.3, 0.4) is 0 Å². The summed E-state index contributed by atoms with van der Waals surface area (Å²) in [6, 6.07) is 4.89. The molecule has 8 heteroatoms. The molecule has 1 aromatic heterocycles. The number of hydrogen-bond donors (Lipinski definition) is 2. The van der Waals surface area contributed by atoms with Crippen LogP contribution in [0.1, 0.15) is 5.01 Å². The SMILES string of the molecule is Cc1nc2ccc(NS(=O)(=O)CC(=O)O)cc2s1. The van der Waals surface area contributed by atoms with Crippen LogP contribution < -0.4 is 4.72 Å². The van der Waals surface area contributed by atoms with E-state index in [0.717, 1.165) is 15.2 Å². The highest BCUT2D eigenvalue weighted by atomic mass is 32.2. The van der Waals surface area contributed by atoms with Crippen molar-refractivity contribution in [3.05, 3.63) is 23.2 Å². The van der Waals surface area contributed by atoms with Crippen LogP contribution in [0, 0.1) is 6.92 Å². The van der Waals surface area contributed by atoms with E-state index in [-0.39, 0.29) is 0 Å². The zero-order valence-electron chi connectivity index (χ0n) is 9.37. The van der Waals surface area contributed by atoms with Gasteiger partial charge in [0.1, 0.15) is 0 Å². The van der Waals surface area contributed by atoms with Crippen molar-refractivity contribution >= 4 is 43.2 Å². The smallest absolute Gasteiger partial charge is 0.320 e. The van der Waals surface area contributed by atoms with Gasteiger partial charge in [0.2, 0.25) is 10.0 Å². The number of hydrogen-bond acceptors (Lipinski definition) is 5. The molecule has 0 aliphatic heterocycles. The molecule has 0 saturated carbocycles. The zero-order valence-corrected chi connectivity index (χ0v) is 11.0. The number of nitrogens with one attached hydrogen (secondary N) is 1. The molecular weight excluding hydrogens is 276 g/mol. The van der Waals surface area contributed by atoms with E-state index in [1.807, 2.05) is 6.92 Å². The predicted octanol–water partition coefficient (Wildman–Crippen LogP) is 1.43. The van der Waals surface area contributed by atoms with Gasteiger partial charge in [-0.3, -0.25) is 9.52 Å². The zero-order chi connectivity index (χ0) is 13.3. The molecule has 1 aromatic carbocycles. The molecule has 18 heavy (non-hydrogen) atoms. The third-order valence-electron chi connectivity index (χ3n) is 2.08. The largest absolute Gasteiger partial charge is 0.480 e. The Morgan fingerprint density at radius 1 is 1.50 bits per heavy atom. The summed E-state index contributed by atoms with van der Waals surface area (Å²) in [5.74, 6) is -2.34. The molecule has 0 saturated heterocycles. The number of aliphatic carboxylic acids is 1. The number of aryl methyl sites for hydroxylation is 1. The fourth-order valence-electron chi connectivity index (χ4n) is 1.48. The molecule has 0 unspecified atom stereocenters. The Balaban J connectivity index is 2.29. The topological polar surface area (TPSA) is 96.4 Å². The maximum Gasteiger partial charge on any atom is 0.320 e. The highest BCUT2D eigenvalue weighted by molar-refractivity contribution is 7.93. The Morgan fingerprint density at radius 3 is 2.89 bits per heavy atom. The van der Waals surface area contributed by atoms with Crippen LogP contribution in [-0.4, -0.2) is 30.2 Å². The summed E-state index contributed by atoms with van der Waals surface area (Å²) >= 11 is 1.44. The lowest BCUT2D eigenvalue weighted by atomic mass is 10.3. The fourth-order valence-corrected chi connectivity index (χ4v) is 3.23. The van der Waals surface area contributed by atoms with E-state index < -0.39 is 21.7 Å². The van der Waals surface area contributed by atoms with E-state index in [9.17, 15) is 13.2 Å². The lowest BCUT2D eigenvalue weighted by Gasteiger charge is -2.05. The van der Waals surface area contributed by atoms with Crippen LogP contribution in [0.2, 0.25) is 0 Å². The van der Waals surface area contributed by atoms with Crippen molar-refractivity contribution in [2.45, 2.75) is 6.92 Å². The van der Waals surface area contributed by atoms with Crippen LogP contribution >= 0.6 is 11.3 Å².